The van der Waals surface area contributed by atoms with E-state index in [0.717, 1.165) is 37.3 Å². The molecular weight excluding hydrogens is 418 g/mol. The van der Waals surface area contributed by atoms with Crippen LogP contribution in [0.2, 0.25) is 5.02 Å². The fraction of sp³-hybridized carbons (Fsp3) is 0. The van der Waals surface area contributed by atoms with Gasteiger partial charge in [0.05, 0.1) is 21.7 Å². The Morgan fingerprint density at radius 2 is 1.19 bits per heavy atom. The van der Waals surface area contributed by atoms with Gasteiger partial charge in [0.1, 0.15) is 0 Å². The highest BCUT2D eigenvalue weighted by atomic mass is 79.9. The summed E-state index contributed by atoms with van der Waals surface area (Å²) in [5.74, 6) is 0. The van der Waals surface area contributed by atoms with E-state index in [9.17, 15) is 0 Å². The van der Waals surface area contributed by atoms with Crippen LogP contribution < -0.4 is 0 Å². The van der Waals surface area contributed by atoms with Crippen LogP contribution in [0.5, 0.6) is 0 Å². The zero-order valence-corrected chi connectivity index (χ0v) is 16.7. The van der Waals surface area contributed by atoms with Crippen LogP contribution in [0.15, 0.2) is 95.5 Å². The molecular formula is C24H15BrClN. The van der Waals surface area contributed by atoms with Crippen molar-refractivity contribution in [3.8, 4) is 16.8 Å². The third-order valence-electron chi connectivity index (χ3n) is 4.95. The lowest BCUT2D eigenvalue weighted by molar-refractivity contribution is 1.18. The van der Waals surface area contributed by atoms with Crippen molar-refractivity contribution >= 4 is 49.3 Å². The average molecular weight is 433 g/mol. The van der Waals surface area contributed by atoms with E-state index < -0.39 is 0 Å². The number of hydrogen-bond donors (Lipinski definition) is 0. The molecule has 0 amide bonds. The van der Waals surface area contributed by atoms with Crippen molar-refractivity contribution in [3.63, 3.8) is 0 Å². The molecule has 0 N–H and O–H groups in total. The molecule has 1 nitrogen and oxygen atoms in total. The van der Waals surface area contributed by atoms with Gasteiger partial charge < -0.3 is 4.57 Å². The fourth-order valence-corrected chi connectivity index (χ4v) is 4.80. The van der Waals surface area contributed by atoms with Crippen LogP contribution in [0.25, 0.3) is 38.6 Å². The Kier molecular flexibility index (Phi) is 4.04. The summed E-state index contributed by atoms with van der Waals surface area (Å²) in [6, 6.07) is 31.3. The molecule has 0 radical (unpaired) electrons. The summed E-state index contributed by atoms with van der Waals surface area (Å²) in [6.45, 7) is 0. The van der Waals surface area contributed by atoms with E-state index in [4.69, 9.17) is 11.6 Å². The van der Waals surface area contributed by atoms with Crippen molar-refractivity contribution in [1.82, 2.24) is 4.57 Å². The number of hydrogen-bond acceptors (Lipinski definition) is 0. The van der Waals surface area contributed by atoms with E-state index in [1.165, 1.54) is 10.8 Å². The highest BCUT2D eigenvalue weighted by Gasteiger charge is 2.17. The number of nitrogens with zero attached hydrogens (tertiary/aromatic N) is 1. The third-order valence-corrected chi connectivity index (χ3v) is 6.00. The first-order valence-electron chi connectivity index (χ1n) is 8.77. The molecule has 0 fully saturated rings. The molecule has 1 aromatic heterocycles. The molecule has 0 aliphatic carbocycles. The Balaban J connectivity index is 1.89. The summed E-state index contributed by atoms with van der Waals surface area (Å²) in [5, 5.41) is 3.20. The van der Waals surface area contributed by atoms with E-state index in [-0.39, 0.29) is 0 Å². The molecule has 130 valence electrons. The Bertz CT molecular complexity index is 1240. The maximum atomic E-state index is 6.99. The number of aromatic nitrogens is 1. The lowest BCUT2D eigenvalue weighted by atomic mass is 10.0. The SMILES string of the molecule is Clc1c(-n2c3ccccc3c3ccccc32)ccc(Br)c1-c1ccccc1. The summed E-state index contributed by atoms with van der Waals surface area (Å²) in [6.07, 6.45) is 0. The van der Waals surface area contributed by atoms with Gasteiger partial charge in [-0.05, 0) is 29.8 Å². The zero-order chi connectivity index (χ0) is 18.4. The second kappa shape index (κ2) is 6.56. The minimum atomic E-state index is 0.738. The lowest BCUT2D eigenvalue weighted by Gasteiger charge is -2.15. The van der Waals surface area contributed by atoms with Crippen molar-refractivity contribution < 1.29 is 0 Å². The maximum absolute atomic E-state index is 6.99. The predicted octanol–water partition coefficient (Wildman–Crippen LogP) is 7.87. The molecule has 3 heteroatoms. The number of fused-ring (bicyclic) bond motifs is 3. The smallest absolute Gasteiger partial charge is 0.0736 e. The Morgan fingerprint density at radius 3 is 1.81 bits per heavy atom. The highest BCUT2D eigenvalue weighted by molar-refractivity contribution is 9.10. The maximum Gasteiger partial charge on any atom is 0.0736 e. The first-order valence-corrected chi connectivity index (χ1v) is 9.95. The van der Waals surface area contributed by atoms with E-state index in [1.807, 2.05) is 18.2 Å². The molecule has 5 aromatic rings. The van der Waals surface area contributed by atoms with Crippen molar-refractivity contribution in [2.24, 2.45) is 0 Å². The standard InChI is InChI=1S/C24H15BrClN/c25-19-14-15-22(24(26)23(19)16-8-2-1-3-9-16)27-20-12-6-4-10-17(20)18-11-5-7-13-21(18)27/h1-15H. The summed E-state index contributed by atoms with van der Waals surface area (Å²) in [7, 11) is 0. The first-order chi connectivity index (χ1) is 13.3. The summed E-state index contributed by atoms with van der Waals surface area (Å²) in [4.78, 5) is 0. The van der Waals surface area contributed by atoms with Gasteiger partial charge in [0.25, 0.3) is 0 Å². The molecule has 0 bridgehead atoms. The Hall–Kier alpha value is -2.55. The van der Waals surface area contributed by atoms with Gasteiger partial charge in [-0.25, -0.2) is 0 Å². The van der Waals surface area contributed by atoms with Crippen molar-refractivity contribution in [1.29, 1.82) is 0 Å². The van der Waals surface area contributed by atoms with Gasteiger partial charge in [-0.15, -0.1) is 0 Å². The molecule has 0 atom stereocenters. The fourth-order valence-electron chi connectivity index (χ4n) is 3.77. The molecule has 27 heavy (non-hydrogen) atoms. The van der Waals surface area contributed by atoms with Crippen molar-refractivity contribution in [2.75, 3.05) is 0 Å². The van der Waals surface area contributed by atoms with Gasteiger partial charge in [0, 0.05) is 20.8 Å². The van der Waals surface area contributed by atoms with Crippen LogP contribution in [0.4, 0.5) is 0 Å². The minimum Gasteiger partial charge on any atom is -0.308 e. The van der Waals surface area contributed by atoms with E-state index in [1.54, 1.807) is 0 Å². The van der Waals surface area contributed by atoms with Crippen LogP contribution in [0, 0.1) is 0 Å². The number of rotatable bonds is 2. The Morgan fingerprint density at radius 1 is 0.630 bits per heavy atom. The molecule has 4 aromatic carbocycles. The molecule has 0 unspecified atom stereocenters. The monoisotopic (exact) mass is 431 g/mol. The van der Waals surface area contributed by atoms with Crippen molar-refractivity contribution in [3.05, 3.63) is 100 Å². The topological polar surface area (TPSA) is 4.93 Å². The molecule has 0 aliphatic heterocycles. The second-order valence-electron chi connectivity index (χ2n) is 6.49. The quantitative estimate of drug-likeness (QED) is 0.267. The van der Waals surface area contributed by atoms with E-state index in [2.05, 4.69) is 93.3 Å². The molecule has 5 rings (SSSR count). The van der Waals surface area contributed by atoms with E-state index >= 15 is 0 Å². The van der Waals surface area contributed by atoms with Gasteiger partial charge in [-0.3, -0.25) is 0 Å². The van der Waals surface area contributed by atoms with Crippen molar-refractivity contribution in [2.45, 2.75) is 0 Å². The van der Waals surface area contributed by atoms with Gasteiger partial charge in [0.15, 0.2) is 0 Å². The minimum absolute atomic E-state index is 0.738. The predicted molar refractivity (Wildman–Crippen MR) is 119 cm³/mol. The van der Waals surface area contributed by atoms with Gasteiger partial charge in [-0.1, -0.05) is 94.3 Å². The second-order valence-corrected chi connectivity index (χ2v) is 7.72. The molecule has 0 saturated heterocycles. The summed E-state index contributed by atoms with van der Waals surface area (Å²) < 4.78 is 3.24. The number of halogens is 2. The van der Waals surface area contributed by atoms with Crippen LogP contribution in [0.3, 0.4) is 0 Å². The lowest BCUT2D eigenvalue weighted by Crippen LogP contribution is -1.97. The number of benzene rings is 4. The largest absolute Gasteiger partial charge is 0.308 e. The molecule has 0 spiro atoms. The summed E-state index contributed by atoms with van der Waals surface area (Å²) >= 11 is 10.7. The Labute approximate surface area is 170 Å². The molecule has 0 aliphatic rings. The first kappa shape index (κ1) is 16.6. The third kappa shape index (κ3) is 2.60. The molecule has 1 heterocycles. The van der Waals surface area contributed by atoms with Crippen LogP contribution in [0.1, 0.15) is 0 Å². The average Bonchev–Trinajstić information content (AvgIpc) is 3.04. The number of para-hydroxylation sites is 2. The van der Waals surface area contributed by atoms with Crippen LogP contribution in [-0.2, 0) is 0 Å². The molecule has 0 saturated carbocycles. The van der Waals surface area contributed by atoms with Gasteiger partial charge >= 0.3 is 0 Å². The normalized spacial score (nSPS) is 11.3. The van der Waals surface area contributed by atoms with E-state index in [0.29, 0.717) is 0 Å². The van der Waals surface area contributed by atoms with Crippen LogP contribution >= 0.6 is 27.5 Å². The highest BCUT2D eigenvalue weighted by Crippen LogP contribution is 2.41. The van der Waals surface area contributed by atoms with Gasteiger partial charge in [0.2, 0.25) is 0 Å². The summed E-state index contributed by atoms with van der Waals surface area (Å²) in [5.41, 5.74) is 5.40. The van der Waals surface area contributed by atoms with Crippen LogP contribution in [-0.4, -0.2) is 4.57 Å². The zero-order valence-electron chi connectivity index (χ0n) is 14.4. The van der Waals surface area contributed by atoms with Gasteiger partial charge in [-0.2, -0.15) is 0 Å².